The average molecular weight is 468 g/mol. The zero-order valence-corrected chi connectivity index (χ0v) is 16.3. The first-order valence-electron chi connectivity index (χ1n) is 9.22. The van der Waals surface area contributed by atoms with Crippen LogP contribution in [0.1, 0.15) is 11.4 Å². The number of hydrogen-bond donors (Lipinski definition) is 1. The van der Waals surface area contributed by atoms with Crippen LogP contribution in [0.2, 0.25) is 0 Å². The third-order valence-electron chi connectivity index (χ3n) is 4.88. The lowest BCUT2D eigenvalue weighted by Crippen LogP contribution is -2.55. The van der Waals surface area contributed by atoms with Crippen LogP contribution >= 0.6 is 0 Å². The van der Waals surface area contributed by atoms with Gasteiger partial charge in [0.2, 0.25) is 5.54 Å². The molecule has 3 amide bonds. The first-order chi connectivity index (χ1) is 15.6. The highest BCUT2D eigenvalue weighted by molar-refractivity contribution is 6.08. The standard InChI is InChI=1S/C19H13F5N6O3/c20-16(21)33-13-8-6-12(7-9-13)30-14(26-27-28-30)10-29-15(31)18(19(22,23)24,25-17(29)32)11-4-2-1-3-5-11/h1-9,16H,10H2,(H,25,32). The van der Waals surface area contributed by atoms with Gasteiger partial charge >= 0.3 is 18.8 Å². The zero-order chi connectivity index (χ0) is 23.8. The van der Waals surface area contributed by atoms with Gasteiger partial charge in [0, 0.05) is 0 Å². The number of imide groups is 1. The predicted octanol–water partition coefficient (Wildman–Crippen LogP) is 2.77. The summed E-state index contributed by atoms with van der Waals surface area (Å²) in [6, 6.07) is 10.0. The van der Waals surface area contributed by atoms with Crippen LogP contribution in [0.4, 0.5) is 26.7 Å². The fourth-order valence-electron chi connectivity index (χ4n) is 3.37. The number of benzene rings is 2. The van der Waals surface area contributed by atoms with Crippen LogP contribution in [0, 0.1) is 0 Å². The molecule has 1 saturated heterocycles. The quantitative estimate of drug-likeness (QED) is 0.441. The molecule has 4 rings (SSSR count). The molecule has 14 heteroatoms. The number of alkyl halides is 5. The van der Waals surface area contributed by atoms with E-state index in [0.717, 1.165) is 16.8 Å². The Morgan fingerprint density at radius 3 is 2.30 bits per heavy atom. The van der Waals surface area contributed by atoms with E-state index in [0.29, 0.717) is 4.90 Å². The number of carbonyl (C=O) groups excluding carboxylic acids is 2. The summed E-state index contributed by atoms with van der Waals surface area (Å²) in [7, 11) is 0. The molecular weight excluding hydrogens is 455 g/mol. The van der Waals surface area contributed by atoms with E-state index in [9.17, 15) is 31.5 Å². The molecule has 0 bridgehead atoms. The second kappa shape index (κ2) is 8.11. The third kappa shape index (κ3) is 3.83. The molecule has 3 aromatic rings. The van der Waals surface area contributed by atoms with Crippen LogP contribution in [0.15, 0.2) is 54.6 Å². The van der Waals surface area contributed by atoms with Crippen molar-refractivity contribution in [1.29, 1.82) is 0 Å². The molecule has 0 saturated carbocycles. The minimum atomic E-state index is -5.14. The Balaban J connectivity index is 1.64. The number of rotatable bonds is 6. The number of tetrazole rings is 1. The molecule has 2 heterocycles. The summed E-state index contributed by atoms with van der Waals surface area (Å²) in [5, 5.41) is 12.6. The van der Waals surface area contributed by atoms with Crippen LogP contribution in [-0.2, 0) is 16.9 Å². The molecule has 0 aliphatic carbocycles. The summed E-state index contributed by atoms with van der Waals surface area (Å²) >= 11 is 0. The van der Waals surface area contributed by atoms with Crippen molar-refractivity contribution in [2.75, 3.05) is 0 Å². The lowest BCUT2D eigenvalue weighted by Gasteiger charge is -2.29. The Hall–Kier alpha value is -4.10. The number of hydrogen-bond acceptors (Lipinski definition) is 6. The molecule has 1 aliphatic heterocycles. The largest absolute Gasteiger partial charge is 0.435 e. The van der Waals surface area contributed by atoms with Gasteiger partial charge in [-0.3, -0.25) is 9.69 Å². The SMILES string of the molecule is O=C1NC(c2ccccc2)(C(F)(F)F)C(=O)N1Cc1nnnn1-c1ccc(OC(F)F)cc1. The van der Waals surface area contributed by atoms with Crippen molar-refractivity contribution in [3.63, 3.8) is 0 Å². The van der Waals surface area contributed by atoms with Crippen LogP contribution < -0.4 is 10.1 Å². The number of amides is 3. The van der Waals surface area contributed by atoms with E-state index < -0.39 is 42.4 Å². The first-order valence-corrected chi connectivity index (χ1v) is 9.22. The summed E-state index contributed by atoms with van der Waals surface area (Å²) < 4.78 is 72.1. The molecule has 1 fully saturated rings. The maximum Gasteiger partial charge on any atom is 0.425 e. The number of halogens is 5. The number of nitrogens with zero attached hydrogens (tertiary/aromatic N) is 5. The van der Waals surface area contributed by atoms with E-state index in [-0.39, 0.29) is 17.3 Å². The van der Waals surface area contributed by atoms with Gasteiger partial charge in [0.25, 0.3) is 5.91 Å². The van der Waals surface area contributed by atoms with Gasteiger partial charge in [0.05, 0.1) is 12.2 Å². The average Bonchev–Trinajstić information content (AvgIpc) is 3.33. The Bertz CT molecular complexity index is 1170. The van der Waals surface area contributed by atoms with Crippen LogP contribution in [0.25, 0.3) is 5.69 Å². The maximum absolute atomic E-state index is 14.1. The van der Waals surface area contributed by atoms with Crippen molar-refractivity contribution in [3.05, 3.63) is 66.0 Å². The van der Waals surface area contributed by atoms with Crippen molar-refractivity contribution in [3.8, 4) is 11.4 Å². The smallest absolute Gasteiger partial charge is 0.425 e. The van der Waals surface area contributed by atoms with Crippen LogP contribution in [0.3, 0.4) is 0 Å². The molecule has 1 unspecified atom stereocenters. The summed E-state index contributed by atoms with van der Waals surface area (Å²) in [6.45, 7) is -3.71. The number of aromatic nitrogens is 4. The van der Waals surface area contributed by atoms with Crippen molar-refractivity contribution < 1.29 is 36.3 Å². The molecule has 9 nitrogen and oxygen atoms in total. The van der Waals surface area contributed by atoms with Crippen molar-refractivity contribution in [1.82, 2.24) is 30.4 Å². The molecule has 1 aliphatic rings. The molecule has 0 spiro atoms. The highest BCUT2D eigenvalue weighted by Gasteiger charge is 2.68. The van der Waals surface area contributed by atoms with Crippen LogP contribution in [0.5, 0.6) is 5.75 Å². The fraction of sp³-hybridized carbons (Fsp3) is 0.211. The van der Waals surface area contributed by atoms with Gasteiger partial charge in [-0.1, -0.05) is 30.3 Å². The first kappa shape index (κ1) is 22.1. The molecule has 1 N–H and O–H groups in total. The number of nitrogens with one attached hydrogen (secondary N) is 1. The molecular formula is C19H13F5N6O3. The maximum atomic E-state index is 14.1. The Kier molecular flexibility index (Phi) is 5.43. The number of carbonyl (C=O) groups is 2. The van der Waals surface area contributed by atoms with E-state index in [1.54, 1.807) is 5.32 Å². The van der Waals surface area contributed by atoms with Crippen molar-refractivity contribution in [2.45, 2.75) is 24.9 Å². The topological polar surface area (TPSA) is 102 Å². The monoisotopic (exact) mass is 468 g/mol. The van der Waals surface area contributed by atoms with Gasteiger partial charge in [-0.05, 0) is 40.3 Å². The molecule has 1 aromatic heterocycles. The van der Waals surface area contributed by atoms with Crippen molar-refractivity contribution in [2.24, 2.45) is 0 Å². The van der Waals surface area contributed by atoms with Crippen LogP contribution in [-0.4, -0.2) is 49.8 Å². The van der Waals surface area contributed by atoms with Gasteiger partial charge in [0.1, 0.15) is 5.75 Å². The van der Waals surface area contributed by atoms with E-state index in [4.69, 9.17) is 0 Å². The van der Waals surface area contributed by atoms with E-state index in [1.165, 1.54) is 42.5 Å². The molecule has 0 radical (unpaired) electrons. The summed E-state index contributed by atoms with van der Waals surface area (Å²) in [5.41, 5.74) is -3.49. The summed E-state index contributed by atoms with van der Waals surface area (Å²) in [6.07, 6.45) is -5.14. The number of ether oxygens (including phenoxy) is 1. The fourth-order valence-corrected chi connectivity index (χ4v) is 3.37. The number of urea groups is 1. The Labute approximate surface area is 181 Å². The second-order valence-electron chi connectivity index (χ2n) is 6.81. The lowest BCUT2D eigenvalue weighted by molar-refractivity contribution is -0.198. The second-order valence-corrected chi connectivity index (χ2v) is 6.81. The minimum Gasteiger partial charge on any atom is -0.435 e. The summed E-state index contributed by atoms with van der Waals surface area (Å²) in [5.74, 6) is -1.83. The van der Waals surface area contributed by atoms with Crippen molar-refractivity contribution >= 4 is 11.9 Å². The lowest BCUT2D eigenvalue weighted by atomic mass is 9.89. The van der Waals surface area contributed by atoms with Gasteiger partial charge in [-0.2, -0.15) is 26.6 Å². The van der Waals surface area contributed by atoms with E-state index >= 15 is 0 Å². The molecule has 1 atom stereocenters. The highest BCUT2D eigenvalue weighted by atomic mass is 19.4. The van der Waals surface area contributed by atoms with Gasteiger partial charge in [-0.15, -0.1) is 5.10 Å². The van der Waals surface area contributed by atoms with E-state index in [1.807, 2.05) is 0 Å². The minimum absolute atomic E-state index is 0.143. The normalized spacial score (nSPS) is 18.7. The predicted molar refractivity (Wildman–Crippen MR) is 99.0 cm³/mol. The molecule has 2 aromatic carbocycles. The Morgan fingerprint density at radius 2 is 1.70 bits per heavy atom. The Morgan fingerprint density at radius 1 is 1.03 bits per heavy atom. The molecule has 172 valence electrons. The molecule has 33 heavy (non-hydrogen) atoms. The summed E-state index contributed by atoms with van der Waals surface area (Å²) in [4.78, 5) is 25.8. The third-order valence-corrected chi connectivity index (χ3v) is 4.88. The van der Waals surface area contributed by atoms with Gasteiger partial charge in [0.15, 0.2) is 5.82 Å². The highest BCUT2D eigenvalue weighted by Crippen LogP contribution is 2.43. The van der Waals surface area contributed by atoms with Gasteiger partial charge in [-0.25, -0.2) is 4.79 Å². The van der Waals surface area contributed by atoms with E-state index in [2.05, 4.69) is 20.3 Å². The zero-order valence-electron chi connectivity index (χ0n) is 16.3. The van der Waals surface area contributed by atoms with Gasteiger partial charge < -0.3 is 10.1 Å².